The molecule has 14 atom stereocenters. The van der Waals surface area contributed by atoms with Crippen molar-refractivity contribution in [3.05, 3.63) is 12.3 Å². The number of esters is 1. The van der Waals surface area contributed by atoms with Gasteiger partial charge in [-0.3, -0.25) is 14.4 Å². The SMILES string of the molecule is CC[C@H]1OC(=O)[C@H](C)[C@@H](O)[C@H](C)[C@@H](O[C@@H]2O[C@H](C)C[C@H](N(C)C)[C@H]2OC=CC(C)=O)[C@@](C)(OC)C[C@@H](C)C(=O)[C@H](C)[C@@H](O)[C@]1(C)O. The van der Waals surface area contributed by atoms with Gasteiger partial charge < -0.3 is 43.9 Å². The van der Waals surface area contributed by atoms with E-state index in [0.29, 0.717) is 6.42 Å². The molecule has 0 aliphatic carbocycles. The minimum absolute atomic E-state index is 0.119. The van der Waals surface area contributed by atoms with Crippen molar-refractivity contribution in [1.82, 2.24) is 4.90 Å². The fourth-order valence-corrected chi connectivity index (χ4v) is 6.94. The number of hydrogen-bond donors (Lipinski definition) is 3. The molecule has 3 N–H and O–H groups in total. The largest absolute Gasteiger partial charge is 0.491 e. The van der Waals surface area contributed by atoms with Gasteiger partial charge >= 0.3 is 5.97 Å². The van der Waals surface area contributed by atoms with E-state index in [1.165, 1.54) is 40.2 Å². The summed E-state index contributed by atoms with van der Waals surface area (Å²) < 4.78 is 30.9. The first-order valence-electron chi connectivity index (χ1n) is 16.4. The molecular weight excluding hydrogens is 598 g/mol. The number of rotatable bonds is 8. The van der Waals surface area contributed by atoms with E-state index in [1.54, 1.807) is 34.6 Å². The molecule has 0 aromatic carbocycles. The summed E-state index contributed by atoms with van der Waals surface area (Å²) in [6, 6.07) is -0.173. The van der Waals surface area contributed by atoms with Crippen molar-refractivity contribution in [3.8, 4) is 0 Å². The van der Waals surface area contributed by atoms with Crippen LogP contribution in [0.3, 0.4) is 0 Å². The molecule has 0 spiro atoms. The van der Waals surface area contributed by atoms with Gasteiger partial charge in [0.05, 0.1) is 48.2 Å². The minimum Gasteiger partial charge on any atom is -0.491 e. The Morgan fingerprint density at radius 3 is 2.22 bits per heavy atom. The summed E-state index contributed by atoms with van der Waals surface area (Å²) in [6.45, 7) is 14.7. The molecule has 2 rings (SSSR count). The van der Waals surface area contributed by atoms with Crippen molar-refractivity contribution < 1.29 is 53.4 Å². The molecule has 12 heteroatoms. The molecule has 2 aliphatic rings. The molecular formula is C34H59NO11. The number of hydrogen-bond acceptors (Lipinski definition) is 12. The molecule has 0 unspecified atom stereocenters. The number of ether oxygens (including phenoxy) is 5. The van der Waals surface area contributed by atoms with Crippen LogP contribution in [0.4, 0.5) is 0 Å². The molecule has 2 fully saturated rings. The molecule has 2 aliphatic heterocycles. The number of ketones is 2. The average Bonchev–Trinajstić information content (AvgIpc) is 2.99. The Hall–Kier alpha value is -1.93. The molecule has 46 heavy (non-hydrogen) atoms. The van der Waals surface area contributed by atoms with E-state index < -0.39 is 77.7 Å². The maximum atomic E-state index is 13.7. The fourth-order valence-electron chi connectivity index (χ4n) is 6.94. The first kappa shape index (κ1) is 40.2. The van der Waals surface area contributed by atoms with Crippen molar-refractivity contribution in [2.24, 2.45) is 23.7 Å². The Morgan fingerprint density at radius 2 is 1.70 bits per heavy atom. The number of cyclic esters (lactones) is 1. The quantitative estimate of drug-likeness (QED) is 0.199. The van der Waals surface area contributed by atoms with Crippen LogP contribution in [0.5, 0.6) is 0 Å². The van der Waals surface area contributed by atoms with Gasteiger partial charge in [-0.15, -0.1) is 0 Å². The third-order valence-electron chi connectivity index (χ3n) is 10.0. The summed E-state index contributed by atoms with van der Waals surface area (Å²) >= 11 is 0. The second-order valence-corrected chi connectivity index (χ2v) is 14.1. The van der Waals surface area contributed by atoms with Gasteiger partial charge in [0.15, 0.2) is 18.2 Å². The van der Waals surface area contributed by atoms with E-state index in [9.17, 15) is 29.7 Å². The summed E-state index contributed by atoms with van der Waals surface area (Å²) in [7, 11) is 5.31. The Bertz CT molecular complexity index is 1060. The van der Waals surface area contributed by atoms with Gasteiger partial charge in [-0.05, 0) is 68.0 Å². The summed E-state index contributed by atoms with van der Waals surface area (Å²) in [5.74, 6) is -4.79. The number of allylic oxidation sites excluding steroid dienone is 1. The summed E-state index contributed by atoms with van der Waals surface area (Å²) in [4.78, 5) is 40.8. The molecule has 2 saturated heterocycles. The molecule has 0 radical (unpaired) electrons. The lowest BCUT2D eigenvalue weighted by molar-refractivity contribution is -0.302. The van der Waals surface area contributed by atoms with Crippen molar-refractivity contribution in [2.45, 2.75) is 142 Å². The van der Waals surface area contributed by atoms with Crippen LogP contribution in [0.1, 0.15) is 81.6 Å². The van der Waals surface area contributed by atoms with Gasteiger partial charge in [-0.1, -0.05) is 27.7 Å². The molecule has 266 valence electrons. The second kappa shape index (κ2) is 16.5. The molecule has 2 heterocycles. The molecule has 0 saturated carbocycles. The van der Waals surface area contributed by atoms with E-state index >= 15 is 0 Å². The predicted octanol–water partition coefficient (Wildman–Crippen LogP) is 2.64. The van der Waals surface area contributed by atoms with Crippen LogP contribution < -0.4 is 0 Å². The van der Waals surface area contributed by atoms with Crippen molar-refractivity contribution in [3.63, 3.8) is 0 Å². The fraction of sp³-hybridized carbons (Fsp3) is 0.853. The lowest BCUT2D eigenvalue weighted by Gasteiger charge is -2.48. The van der Waals surface area contributed by atoms with Gasteiger partial charge in [0.1, 0.15) is 17.5 Å². The number of Topliss-reactive ketones (excluding diaryl/α,β-unsaturated/α-hetero) is 1. The Morgan fingerprint density at radius 1 is 1.09 bits per heavy atom. The monoisotopic (exact) mass is 657 g/mol. The lowest BCUT2D eigenvalue weighted by Crippen LogP contribution is -2.60. The van der Waals surface area contributed by atoms with Gasteiger partial charge in [0.2, 0.25) is 0 Å². The highest BCUT2D eigenvalue weighted by molar-refractivity contribution is 5.86. The summed E-state index contributed by atoms with van der Waals surface area (Å²) in [5.41, 5.74) is -3.15. The van der Waals surface area contributed by atoms with E-state index in [2.05, 4.69) is 0 Å². The summed E-state index contributed by atoms with van der Waals surface area (Å²) in [6.07, 6.45) is -3.31. The first-order chi connectivity index (χ1) is 21.2. The number of nitrogens with zero attached hydrogens (tertiary/aromatic N) is 1. The van der Waals surface area contributed by atoms with Crippen LogP contribution in [0.2, 0.25) is 0 Å². The highest BCUT2D eigenvalue weighted by atomic mass is 16.7. The number of aliphatic hydroxyl groups is 3. The van der Waals surface area contributed by atoms with Gasteiger partial charge in [0, 0.05) is 30.9 Å². The third-order valence-corrected chi connectivity index (χ3v) is 10.0. The Kier molecular flexibility index (Phi) is 14.4. The average molecular weight is 658 g/mol. The highest BCUT2D eigenvalue weighted by Crippen LogP contribution is 2.39. The first-order valence-corrected chi connectivity index (χ1v) is 16.4. The van der Waals surface area contributed by atoms with Crippen LogP contribution in [0, 0.1) is 23.7 Å². The zero-order valence-electron chi connectivity index (χ0n) is 29.8. The third kappa shape index (κ3) is 9.15. The van der Waals surface area contributed by atoms with Crippen molar-refractivity contribution in [1.29, 1.82) is 0 Å². The number of carbonyl (C=O) groups is 3. The molecule has 0 bridgehead atoms. The number of carbonyl (C=O) groups excluding carboxylic acids is 3. The minimum atomic E-state index is -1.93. The van der Waals surface area contributed by atoms with E-state index in [0.717, 1.165) is 0 Å². The van der Waals surface area contributed by atoms with E-state index in [-0.39, 0.29) is 36.6 Å². The van der Waals surface area contributed by atoms with Crippen LogP contribution >= 0.6 is 0 Å². The van der Waals surface area contributed by atoms with Crippen LogP contribution in [0.25, 0.3) is 0 Å². The normalized spacial score (nSPS) is 43.7. The zero-order chi connectivity index (χ0) is 35.3. The Balaban J connectivity index is 2.67. The maximum Gasteiger partial charge on any atom is 0.311 e. The zero-order valence-corrected chi connectivity index (χ0v) is 29.8. The molecule has 0 aromatic rings. The molecule has 0 aromatic heterocycles. The number of likely N-dealkylation sites (N-methyl/N-ethyl adjacent to an activating group) is 1. The van der Waals surface area contributed by atoms with E-state index in [4.69, 9.17) is 23.7 Å². The molecule has 0 amide bonds. The smallest absolute Gasteiger partial charge is 0.311 e. The van der Waals surface area contributed by atoms with Crippen LogP contribution in [-0.4, -0.2) is 119 Å². The van der Waals surface area contributed by atoms with Crippen LogP contribution in [0.15, 0.2) is 12.3 Å². The number of methoxy groups -OCH3 is 1. The molecule has 12 nitrogen and oxygen atoms in total. The Labute approximate surface area is 274 Å². The predicted molar refractivity (Wildman–Crippen MR) is 170 cm³/mol. The van der Waals surface area contributed by atoms with E-state index in [1.807, 2.05) is 25.9 Å². The standard InChI is InChI=1S/C34H59NO11/c1-13-25-34(9,41)29(39)21(5)26(37)18(2)17-33(8,42-12)30(22(6)27(38)23(7)31(40)45-25)46-32-28(43-15-14-19(3)36)24(35(10)11)16-20(4)44-32/h14-15,18,20-25,27-30,32,38-39,41H,13,16-17H2,1-12H3/t18-,20-,21+,22+,23-,24+,25-,27+,28-,29-,30-,32+,33+,34-/m1/s1. The second-order valence-electron chi connectivity index (χ2n) is 14.1. The lowest BCUT2D eigenvalue weighted by atomic mass is 9.74. The van der Waals surface area contributed by atoms with Crippen molar-refractivity contribution in [2.75, 3.05) is 21.2 Å². The topological polar surface area (TPSA) is 161 Å². The van der Waals surface area contributed by atoms with Crippen molar-refractivity contribution >= 4 is 17.5 Å². The highest BCUT2D eigenvalue weighted by Gasteiger charge is 2.52. The maximum absolute atomic E-state index is 13.7. The van der Waals surface area contributed by atoms with Gasteiger partial charge in [-0.2, -0.15) is 0 Å². The van der Waals surface area contributed by atoms with Crippen LogP contribution in [-0.2, 0) is 38.1 Å². The summed E-state index contributed by atoms with van der Waals surface area (Å²) in [5, 5.41) is 34.2. The van der Waals surface area contributed by atoms with Gasteiger partial charge in [-0.25, -0.2) is 0 Å². The number of aliphatic hydroxyl groups excluding tert-OH is 2. The van der Waals surface area contributed by atoms with Gasteiger partial charge in [0.25, 0.3) is 0 Å².